The van der Waals surface area contributed by atoms with Gasteiger partial charge in [0, 0.05) is 11.4 Å². The molecule has 0 bridgehead atoms. The Morgan fingerprint density at radius 1 is 1.38 bits per heavy atom. The second kappa shape index (κ2) is 6.93. The molecule has 0 unspecified atom stereocenters. The summed E-state index contributed by atoms with van der Waals surface area (Å²) in [6.07, 6.45) is 3.08. The number of hydrogen-bond donors (Lipinski definition) is 3. The molecule has 3 N–H and O–H groups in total. The van der Waals surface area contributed by atoms with Gasteiger partial charge in [0.15, 0.2) is 0 Å². The van der Waals surface area contributed by atoms with Crippen molar-refractivity contribution >= 4 is 23.3 Å². The Hall–Kier alpha value is -1.56. The molecule has 1 fully saturated rings. The zero-order valence-corrected chi connectivity index (χ0v) is 13.0. The minimum atomic E-state index is -0.799. The monoisotopic (exact) mass is 310 g/mol. The first kappa shape index (κ1) is 15.8. The number of rotatable bonds is 5. The van der Waals surface area contributed by atoms with Gasteiger partial charge in [-0.1, -0.05) is 13.0 Å². The number of carbonyl (C=O) groups is 2. The van der Waals surface area contributed by atoms with Gasteiger partial charge in [-0.3, -0.25) is 4.79 Å². The van der Waals surface area contributed by atoms with E-state index in [1.807, 2.05) is 17.5 Å². The standard InChI is InChI=1S/C15H22N2O3S/c1-11-4-6-15(7-5-11,13(18)19)10-17-14(20)16-9-12-3-2-8-21-12/h2-3,8,11H,4-7,9-10H2,1H3,(H,18,19)(H2,16,17,20). The molecule has 21 heavy (non-hydrogen) atoms. The van der Waals surface area contributed by atoms with Gasteiger partial charge < -0.3 is 15.7 Å². The van der Waals surface area contributed by atoms with Crippen LogP contribution >= 0.6 is 11.3 Å². The first-order valence-corrected chi connectivity index (χ1v) is 8.17. The summed E-state index contributed by atoms with van der Waals surface area (Å²) in [6, 6.07) is 3.58. The summed E-state index contributed by atoms with van der Waals surface area (Å²) in [7, 11) is 0. The van der Waals surface area contributed by atoms with E-state index in [0.29, 0.717) is 25.3 Å². The van der Waals surface area contributed by atoms with E-state index in [0.717, 1.165) is 17.7 Å². The summed E-state index contributed by atoms with van der Waals surface area (Å²) < 4.78 is 0. The molecule has 1 aliphatic carbocycles. The van der Waals surface area contributed by atoms with Crippen molar-refractivity contribution in [3.63, 3.8) is 0 Å². The average molecular weight is 310 g/mol. The lowest BCUT2D eigenvalue weighted by Gasteiger charge is -2.35. The van der Waals surface area contributed by atoms with Crippen LogP contribution in [0.5, 0.6) is 0 Å². The predicted octanol–water partition coefficient (Wildman–Crippen LogP) is 2.83. The molecule has 0 saturated heterocycles. The van der Waals surface area contributed by atoms with Gasteiger partial charge in [-0.2, -0.15) is 0 Å². The van der Waals surface area contributed by atoms with Crippen LogP contribution in [0.2, 0.25) is 0 Å². The van der Waals surface area contributed by atoms with E-state index in [1.54, 1.807) is 11.3 Å². The maximum Gasteiger partial charge on any atom is 0.315 e. The third-order valence-electron chi connectivity index (χ3n) is 4.28. The number of aliphatic carboxylic acids is 1. The van der Waals surface area contributed by atoms with E-state index in [2.05, 4.69) is 17.6 Å². The van der Waals surface area contributed by atoms with E-state index in [9.17, 15) is 14.7 Å². The number of carboxylic acids is 1. The van der Waals surface area contributed by atoms with Gasteiger partial charge in [-0.25, -0.2) is 4.79 Å². The quantitative estimate of drug-likeness (QED) is 0.782. The maximum absolute atomic E-state index is 11.8. The lowest BCUT2D eigenvalue weighted by Crippen LogP contribution is -2.47. The van der Waals surface area contributed by atoms with Gasteiger partial charge in [0.25, 0.3) is 0 Å². The summed E-state index contributed by atoms with van der Waals surface area (Å²) in [5, 5.41) is 16.9. The van der Waals surface area contributed by atoms with E-state index in [1.165, 1.54) is 0 Å². The first-order valence-electron chi connectivity index (χ1n) is 7.29. The molecular formula is C15H22N2O3S. The molecule has 1 heterocycles. The summed E-state index contributed by atoms with van der Waals surface area (Å²) in [5.41, 5.74) is -0.799. The van der Waals surface area contributed by atoms with Gasteiger partial charge >= 0.3 is 12.0 Å². The minimum Gasteiger partial charge on any atom is -0.481 e. The summed E-state index contributed by atoms with van der Waals surface area (Å²) in [6.45, 7) is 2.82. The molecule has 0 atom stereocenters. The minimum absolute atomic E-state index is 0.200. The Kier molecular flexibility index (Phi) is 5.22. The maximum atomic E-state index is 11.8. The predicted molar refractivity (Wildman–Crippen MR) is 82.3 cm³/mol. The Morgan fingerprint density at radius 3 is 2.67 bits per heavy atom. The lowest BCUT2D eigenvalue weighted by atomic mass is 9.71. The van der Waals surface area contributed by atoms with Crippen molar-refractivity contribution in [3.05, 3.63) is 22.4 Å². The van der Waals surface area contributed by atoms with Crippen molar-refractivity contribution in [3.8, 4) is 0 Å². The van der Waals surface area contributed by atoms with Crippen molar-refractivity contribution in [1.29, 1.82) is 0 Å². The Balaban J connectivity index is 1.81. The van der Waals surface area contributed by atoms with Crippen LogP contribution in [0.1, 0.15) is 37.5 Å². The first-order chi connectivity index (χ1) is 10.0. The van der Waals surface area contributed by atoms with E-state index in [4.69, 9.17) is 0 Å². The van der Waals surface area contributed by atoms with Gasteiger partial charge in [0.1, 0.15) is 0 Å². The summed E-state index contributed by atoms with van der Waals surface area (Å²) in [5.74, 6) is -0.224. The number of hydrogen-bond acceptors (Lipinski definition) is 3. The molecule has 2 rings (SSSR count). The highest BCUT2D eigenvalue weighted by atomic mass is 32.1. The van der Waals surface area contributed by atoms with Crippen LogP contribution in [-0.2, 0) is 11.3 Å². The van der Waals surface area contributed by atoms with E-state index in [-0.39, 0.29) is 12.6 Å². The number of amides is 2. The van der Waals surface area contributed by atoms with Crippen LogP contribution in [0, 0.1) is 11.3 Å². The molecule has 2 amide bonds. The third kappa shape index (κ3) is 4.20. The fraction of sp³-hybridized carbons (Fsp3) is 0.600. The van der Waals surface area contributed by atoms with Crippen LogP contribution in [0.3, 0.4) is 0 Å². The van der Waals surface area contributed by atoms with Gasteiger partial charge in [0.05, 0.1) is 12.0 Å². The Labute approximate surface area is 128 Å². The highest BCUT2D eigenvalue weighted by molar-refractivity contribution is 7.09. The van der Waals surface area contributed by atoms with Gasteiger partial charge in [-0.15, -0.1) is 11.3 Å². The second-order valence-electron chi connectivity index (χ2n) is 5.88. The van der Waals surface area contributed by atoms with Crippen LogP contribution < -0.4 is 10.6 Å². The van der Waals surface area contributed by atoms with E-state index >= 15 is 0 Å². The lowest BCUT2D eigenvalue weighted by molar-refractivity contribution is -0.151. The highest BCUT2D eigenvalue weighted by Gasteiger charge is 2.41. The Morgan fingerprint density at radius 2 is 2.10 bits per heavy atom. The smallest absolute Gasteiger partial charge is 0.315 e. The molecule has 0 aliphatic heterocycles. The zero-order chi connectivity index (χ0) is 15.3. The third-order valence-corrected chi connectivity index (χ3v) is 5.15. The largest absolute Gasteiger partial charge is 0.481 e. The molecule has 0 aromatic carbocycles. The number of urea groups is 1. The fourth-order valence-electron chi connectivity index (χ4n) is 2.67. The average Bonchev–Trinajstić information content (AvgIpc) is 2.98. The molecule has 1 saturated carbocycles. The summed E-state index contributed by atoms with van der Waals surface area (Å²) >= 11 is 1.58. The zero-order valence-electron chi connectivity index (χ0n) is 12.2. The van der Waals surface area contributed by atoms with Gasteiger partial charge in [-0.05, 0) is 43.0 Å². The molecule has 1 aromatic rings. The molecule has 1 aromatic heterocycles. The number of carboxylic acid groups (broad SMARTS) is 1. The second-order valence-corrected chi connectivity index (χ2v) is 6.92. The molecule has 1 aliphatic rings. The fourth-order valence-corrected chi connectivity index (χ4v) is 3.32. The molecule has 0 spiro atoms. The highest BCUT2D eigenvalue weighted by Crippen LogP contribution is 2.38. The molecular weight excluding hydrogens is 288 g/mol. The normalized spacial score (nSPS) is 25.3. The number of carbonyl (C=O) groups excluding carboxylic acids is 1. The topological polar surface area (TPSA) is 78.4 Å². The van der Waals surface area contributed by atoms with Crippen LogP contribution in [-0.4, -0.2) is 23.7 Å². The molecule has 6 heteroatoms. The molecule has 0 radical (unpaired) electrons. The number of nitrogens with one attached hydrogen (secondary N) is 2. The van der Waals surface area contributed by atoms with Crippen LogP contribution in [0.15, 0.2) is 17.5 Å². The van der Waals surface area contributed by atoms with Crippen molar-refractivity contribution in [2.75, 3.05) is 6.54 Å². The van der Waals surface area contributed by atoms with Crippen LogP contribution in [0.25, 0.3) is 0 Å². The van der Waals surface area contributed by atoms with Crippen LogP contribution in [0.4, 0.5) is 4.79 Å². The van der Waals surface area contributed by atoms with Gasteiger partial charge in [0.2, 0.25) is 0 Å². The van der Waals surface area contributed by atoms with Crippen molar-refractivity contribution in [1.82, 2.24) is 10.6 Å². The van der Waals surface area contributed by atoms with Crippen molar-refractivity contribution in [2.45, 2.75) is 39.2 Å². The van der Waals surface area contributed by atoms with Crippen molar-refractivity contribution < 1.29 is 14.7 Å². The van der Waals surface area contributed by atoms with Crippen molar-refractivity contribution in [2.24, 2.45) is 11.3 Å². The van der Waals surface area contributed by atoms with E-state index < -0.39 is 11.4 Å². The number of thiophene rings is 1. The Bertz CT molecular complexity index is 479. The molecule has 5 nitrogen and oxygen atoms in total. The molecule has 116 valence electrons. The SMILES string of the molecule is CC1CCC(CNC(=O)NCc2cccs2)(C(=O)O)CC1. The summed E-state index contributed by atoms with van der Waals surface area (Å²) in [4.78, 5) is 24.4.